The number of aromatic nitrogens is 1. The van der Waals surface area contributed by atoms with Gasteiger partial charge in [-0.1, -0.05) is 6.92 Å². The Morgan fingerprint density at radius 3 is 2.41 bits per heavy atom. The fourth-order valence-electron chi connectivity index (χ4n) is 1.55. The highest BCUT2D eigenvalue weighted by Gasteiger charge is 1.95. The fourth-order valence-corrected chi connectivity index (χ4v) is 1.55. The van der Waals surface area contributed by atoms with Crippen LogP contribution in [0.15, 0.2) is 18.5 Å². The van der Waals surface area contributed by atoms with E-state index >= 15 is 0 Å². The van der Waals surface area contributed by atoms with Crippen molar-refractivity contribution in [3.05, 3.63) is 18.5 Å². The molecule has 4 heteroatoms. The summed E-state index contributed by atoms with van der Waals surface area (Å²) < 4.78 is 0. The summed E-state index contributed by atoms with van der Waals surface area (Å²) in [6, 6.07) is 2.08. The van der Waals surface area contributed by atoms with Crippen molar-refractivity contribution in [3.63, 3.8) is 0 Å². The highest BCUT2D eigenvalue weighted by atomic mass is 16.2. The highest BCUT2D eigenvalue weighted by Crippen LogP contribution is 2.13. The van der Waals surface area contributed by atoms with Gasteiger partial charge in [0, 0.05) is 19.7 Å². The molecule has 4 nitrogen and oxygen atoms in total. The third kappa shape index (κ3) is 6.12. The van der Waals surface area contributed by atoms with E-state index in [1.807, 2.05) is 12.4 Å². The van der Waals surface area contributed by atoms with Crippen LogP contribution in [0.5, 0.6) is 0 Å². The average Bonchev–Trinajstić information content (AvgIpc) is 2.37. The SMILES string of the molecule is CCCNc1cncc(NCCCCCO)c1. The molecule has 0 fully saturated rings. The molecule has 0 aliphatic rings. The van der Waals surface area contributed by atoms with Gasteiger partial charge in [0.25, 0.3) is 0 Å². The van der Waals surface area contributed by atoms with Crippen LogP contribution in [0.2, 0.25) is 0 Å². The van der Waals surface area contributed by atoms with Gasteiger partial charge < -0.3 is 15.7 Å². The molecule has 0 spiro atoms. The normalized spacial score (nSPS) is 10.2. The maximum Gasteiger partial charge on any atom is 0.0547 e. The summed E-state index contributed by atoms with van der Waals surface area (Å²) >= 11 is 0. The monoisotopic (exact) mass is 237 g/mol. The molecule has 0 bridgehead atoms. The molecule has 1 rings (SSSR count). The van der Waals surface area contributed by atoms with Crippen LogP contribution in [0, 0.1) is 0 Å². The molecule has 1 aromatic rings. The Balaban J connectivity index is 2.27. The number of aliphatic hydroxyl groups excluding tert-OH is 1. The van der Waals surface area contributed by atoms with Crippen molar-refractivity contribution in [2.75, 3.05) is 30.3 Å². The van der Waals surface area contributed by atoms with E-state index in [0.29, 0.717) is 0 Å². The molecule has 0 radical (unpaired) electrons. The molecule has 96 valence electrons. The predicted molar refractivity (Wildman–Crippen MR) is 72.4 cm³/mol. The second-order valence-electron chi connectivity index (χ2n) is 4.10. The number of hydrogen-bond donors (Lipinski definition) is 3. The van der Waals surface area contributed by atoms with Crippen LogP contribution in [0.25, 0.3) is 0 Å². The van der Waals surface area contributed by atoms with Crippen molar-refractivity contribution in [1.29, 1.82) is 0 Å². The second kappa shape index (κ2) is 8.82. The lowest BCUT2D eigenvalue weighted by Gasteiger charge is -2.08. The van der Waals surface area contributed by atoms with E-state index < -0.39 is 0 Å². The Hall–Kier alpha value is -1.29. The van der Waals surface area contributed by atoms with Crippen LogP contribution in [0.4, 0.5) is 11.4 Å². The van der Waals surface area contributed by atoms with Crippen molar-refractivity contribution >= 4 is 11.4 Å². The Morgan fingerprint density at radius 2 is 1.76 bits per heavy atom. The topological polar surface area (TPSA) is 57.2 Å². The van der Waals surface area contributed by atoms with Gasteiger partial charge >= 0.3 is 0 Å². The number of pyridine rings is 1. The van der Waals surface area contributed by atoms with Crippen molar-refractivity contribution in [2.24, 2.45) is 0 Å². The van der Waals surface area contributed by atoms with Crippen molar-refractivity contribution in [1.82, 2.24) is 4.98 Å². The third-order valence-electron chi connectivity index (χ3n) is 2.48. The first-order chi connectivity index (χ1) is 8.36. The van der Waals surface area contributed by atoms with Gasteiger partial charge in [-0.05, 0) is 31.7 Å². The molecule has 0 atom stereocenters. The van der Waals surface area contributed by atoms with Crippen LogP contribution >= 0.6 is 0 Å². The van der Waals surface area contributed by atoms with Crippen molar-refractivity contribution in [3.8, 4) is 0 Å². The number of anilines is 2. The lowest BCUT2D eigenvalue weighted by molar-refractivity contribution is 0.283. The molecule has 1 heterocycles. The fraction of sp³-hybridized carbons (Fsp3) is 0.615. The predicted octanol–water partition coefficient (Wildman–Crippen LogP) is 2.48. The lowest BCUT2D eigenvalue weighted by atomic mass is 10.2. The lowest BCUT2D eigenvalue weighted by Crippen LogP contribution is -2.04. The van der Waals surface area contributed by atoms with Gasteiger partial charge in [0.15, 0.2) is 0 Å². The summed E-state index contributed by atoms with van der Waals surface area (Å²) in [5.41, 5.74) is 2.11. The summed E-state index contributed by atoms with van der Waals surface area (Å²) in [5, 5.41) is 15.3. The molecule has 0 aliphatic heterocycles. The van der Waals surface area contributed by atoms with Gasteiger partial charge in [0.2, 0.25) is 0 Å². The van der Waals surface area contributed by atoms with Crippen LogP contribution < -0.4 is 10.6 Å². The smallest absolute Gasteiger partial charge is 0.0547 e. The summed E-state index contributed by atoms with van der Waals surface area (Å²) in [6.45, 7) is 4.34. The molecular formula is C13H23N3O. The Kier molecular flexibility index (Phi) is 7.14. The Bertz CT molecular complexity index is 304. The summed E-state index contributed by atoms with van der Waals surface area (Å²) in [5.74, 6) is 0. The Labute approximate surface area is 103 Å². The number of unbranched alkanes of at least 4 members (excludes halogenated alkanes) is 2. The second-order valence-corrected chi connectivity index (χ2v) is 4.10. The van der Waals surface area contributed by atoms with Crippen LogP contribution in [0.3, 0.4) is 0 Å². The molecule has 0 unspecified atom stereocenters. The third-order valence-corrected chi connectivity index (χ3v) is 2.48. The van der Waals surface area contributed by atoms with Gasteiger partial charge in [0.1, 0.15) is 0 Å². The summed E-state index contributed by atoms with van der Waals surface area (Å²) in [4.78, 5) is 4.19. The number of hydrogen-bond acceptors (Lipinski definition) is 4. The number of rotatable bonds is 9. The van der Waals surface area contributed by atoms with Gasteiger partial charge in [-0.25, -0.2) is 0 Å². The largest absolute Gasteiger partial charge is 0.396 e. The Morgan fingerprint density at radius 1 is 1.06 bits per heavy atom. The first-order valence-electron chi connectivity index (χ1n) is 6.40. The summed E-state index contributed by atoms with van der Waals surface area (Å²) in [6.07, 6.45) is 7.81. The molecule has 3 N–H and O–H groups in total. The first kappa shape index (κ1) is 13.8. The molecule has 0 saturated carbocycles. The minimum atomic E-state index is 0.290. The minimum absolute atomic E-state index is 0.290. The minimum Gasteiger partial charge on any atom is -0.396 e. The standard InChI is InChI=1S/C13H23N3O/c1-2-6-15-12-9-13(11-14-10-12)16-7-4-3-5-8-17/h9-11,15-17H,2-8H2,1H3. The zero-order valence-electron chi connectivity index (χ0n) is 10.6. The molecule has 0 saturated heterocycles. The quantitative estimate of drug-likeness (QED) is 0.578. The molecule has 0 amide bonds. The van der Waals surface area contributed by atoms with E-state index in [0.717, 1.165) is 50.1 Å². The van der Waals surface area contributed by atoms with Gasteiger partial charge in [-0.15, -0.1) is 0 Å². The number of nitrogens with zero attached hydrogens (tertiary/aromatic N) is 1. The molecule has 17 heavy (non-hydrogen) atoms. The van der Waals surface area contributed by atoms with Gasteiger partial charge in [-0.2, -0.15) is 0 Å². The molecular weight excluding hydrogens is 214 g/mol. The zero-order chi connectivity index (χ0) is 12.3. The molecule has 0 aromatic carbocycles. The van der Waals surface area contributed by atoms with Crippen LogP contribution in [-0.2, 0) is 0 Å². The summed E-state index contributed by atoms with van der Waals surface area (Å²) in [7, 11) is 0. The molecule has 1 aromatic heterocycles. The molecule has 0 aliphatic carbocycles. The number of aliphatic hydroxyl groups is 1. The average molecular weight is 237 g/mol. The van der Waals surface area contributed by atoms with E-state index in [9.17, 15) is 0 Å². The highest BCUT2D eigenvalue weighted by molar-refractivity contribution is 5.53. The maximum atomic E-state index is 8.66. The number of nitrogens with one attached hydrogen (secondary N) is 2. The van der Waals surface area contributed by atoms with E-state index in [1.165, 1.54) is 0 Å². The van der Waals surface area contributed by atoms with E-state index in [4.69, 9.17) is 5.11 Å². The van der Waals surface area contributed by atoms with Gasteiger partial charge in [0.05, 0.1) is 23.8 Å². The van der Waals surface area contributed by atoms with E-state index in [1.54, 1.807) is 0 Å². The van der Waals surface area contributed by atoms with Crippen molar-refractivity contribution in [2.45, 2.75) is 32.6 Å². The van der Waals surface area contributed by atoms with E-state index in [2.05, 4.69) is 28.6 Å². The van der Waals surface area contributed by atoms with Crippen LogP contribution in [-0.4, -0.2) is 29.8 Å². The zero-order valence-corrected chi connectivity index (χ0v) is 10.6. The van der Waals surface area contributed by atoms with E-state index in [-0.39, 0.29) is 6.61 Å². The van der Waals surface area contributed by atoms with Crippen LogP contribution in [0.1, 0.15) is 32.6 Å². The maximum absolute atomic E-state index is 8.66. The van der Waals surface area contributed by atoms with Crippen molar-refractivity contribution < 1.29 is 5.11 Å². The van der Waals surface area contributed by atoms with Gasteiger partial charge in [-0.3, -0.25) is 4.98 Å². The first-order valence-corrected chi connectivity index (χ1v) is 6.40.